The second kappa shape index (κ2) is 11.0. The lowest BCUT2D eigenvalue weighted by Gasteiger charge is -2.12. The van der Waals surface area contributed by atoms with Gasteiger partial charge in [-0.15, -0.1) is 24.0 Å². The Balaban J connectivity index is 0.00000288. The highest BCUT2D eigenvalue weighted by molar-refractivity contribution is 14.0. The van der Waals surface area contributed by atoms with Crippen molar-refractivity contribution in [2.75, 3.05) is 20.1 Å². The Morgan fingerprint density at radius 2 is 1.79 bits per heavy atom. The molecule has 2 rings (SSSR count). The Morgan fingerprint density at radius 1 is 1.08 bits per heavy atom. The molecule has 0 bridgehead atoms. The molecule has 2 N–H and O–H groups in total. The number of nitrogens with zero attached hydrogens (tertiary/aromatic N) is 2. The summed E-state index contributed by atoms with van der Waals surface area (Å²) >= 11 is 0. The Morgan fingerprint density at radius 3 is 2.42 bits per heavy atom. The predicted molar refractivity (Wildman–Crippen MR) is 108 cm³/mol. The molecule has 2 aromatic rings. The van der Waals surface area contributed by atoms with E-state index in [2.05, 4.69) is 26.7 Å². The third kappa shape index (κ3) is 6.82. The fraction of sp³-hybridized carbons (Fsp3) is 0.333. The van der Waals surface area contributed by atoms with Gasteiger partial charge in [-0.05, 0) is 43.0 Å². The molecule has 4 nitrogen and oxygen atoms in total. The van der Waals surface area contributed by atoms with Crippen LogP contribution in [0.25, 0.3) is 0 Å². The average molecular weight is 442 g/mol. The molecule has 0 aliphatic rings. The van der Waals surface area contributed by atoms with E-state index < -0.39 is 0 Å². The number of nitrogens with one attached hydrogen (secondary N) is 2. The van der Waals surface area contributed by atoms with Crippen LogP contribution >= 0.6 is 24.0 Å². The monoisotopic (exact) mass is 442 g/mol. The average Bonchev–Trinajstić information content (AvgIpc) is 2.57. The zero-order valence-electron chi connectivity index (χ0n) is 14.1. The Hall–Kier alpha value is -1.70. The molecule has 0 unspecified atom stereocenters. The van der Waals surface area contributed by atoms with Crippen molar-refractivity contribution >= 4 is 29.9 Å². The van der Waals surface area contributed by atoms with Gasteiger partial charge in [-0.3, -0.25) is 9.98 Å². The summed E-state index contributed by atoms with van der Waals surface area (Å²) in [6.45, 7) is 3.38. The lowest BCUT2D eigenvalue weighted by atomic mass is 10.1. The first-order valence-corrected chi connectivity index (χ1v) is 7.78. The van der Waals surface area contributed by atoms with Crippen molar-refractivity contribution in [2.45, 2.75) is 19.8 Å². The van der Waals surface area contributed by atoms with Gasteiger partial charge in [0.1, 0.15) is 5.82 Å². The predicted octanol–water partition coefficient (Wildman–Crippen LogP) is 3.10. The molecule has 0 fully saturated rings. The lowest BCUT2D eigenvalue weighted by Crippen LogP contribution is -2.39. The van der Waals surface area contributed by atoms with Crippen molar-refractivity contribution in [3.05, 3.63) is 65.2 Å². The summed E-state index contributed by atoms with van der Waals surface area (Å²) in [7, 11) is 1.73. The second-order valence-corrected chi connectivity index (χ2v) is 5.33. The molecule has 0 aliphatic carbocycles. The van der Waals surface area contributed by atoms with Crippen LogP contribution < -0.4 is 10.6 Å². The number of hydrogen-bond donors (Lipinski definition) is 2. The summed E-state index contributed by atoms with van der Waals surface area (Å²) in [5, 5.41) is 6.45. The molecular weight excluding hydrogens is 418 g/mol. The van der Waals surface area contributed by atoms with Gasteiger partial charge in [0.2, 0.25) is 0 Å². The van der Waals surface area contributed by atoms with Crippen LogP contribution in [0.5, 0.6) is 0 Å². The van der Waals surface area contributed by atoms with Crippen molar-refractivity contribution < 1.29 is 4.39 Å². The Kier molecular flexibility index (Phi) is 9.29. The van der Waals surface area contributed by atoms with Gasteiger partial charge < -0.3 is 10.6 Å². The zero-order chi connectivity index (χ0) is 16.5. The van der Waals surface area contributed by atoms with Crippen molar-refractivity contribution in [1.82, 2.24) is 15.6 Å². The normalized spacial score (nSPS) is 10.9. The highest BCUT2D eigenvalue weighted by atomic mass is 127. The molecule has 0 radical (unpaired) electrons. The van der Waals surface area contributed by atoms with Gasteiger partial charge in [0.15, 0.2) is 5.96 Å². The molecule has 6 heteroatoms. The highest BCUT2D eigenvalue weighted by Crippen LogP contribution is 2.06. The SMILES string of the molecule is CN=C(NCCc1ccc(C)nc1)NCCc1ccccc1F.I. The van der Waals surface area contributed by atoms with E-state index in [0.717, 1.165) is 24.6 Å². The van der Waals surface area contributed by atoms with Gasteiger partial charge >= 0.3 is 0 Å². The van der Waals surface area contributed by atoms with Crippen molar-refractivity contribution in [2.24, 2.45) is 4.99 Å². The van der Waals surface area contributed by atoms with Crippen molar-refractivity contribution in [1.29, 1.82) is 0 Å². The maximum absolute atomic E-state index is 13.5. The van der Waals surface area contributed by atoms with Gasteiger partial charge in [-0.25, -0.2) is 4.39 Å². The maximum Gasteiger partial charge on any atom is 0.190 e. The van der Waals surface area contributed by atoms with E-state index in [-0.39, 0.29) is 29.8 Å². The molecule has 0 saturated heterocycles. The maximum atomic E-state index is 13.5. The van der Waals surface area contributed by atoms with Crippen molar-refractivity contribution in [3.63, 3.8) is 0 Å². The minimum absolute atomic E-state index is 0. The first kappa shape index (κ1) is 20.3. The lowest BCUT2D eigenvalue weighted by molar-refractivity contribution is 0.606. The molecule has 0 saturated carbocycles. The standard InChI is InChI=1S/C18H23FN4.HI/c1-14-7-8-15(13-23-14)9-11-21-18(20-2)22-12-10-16-5-3-4-6-17(16)19;/h3-8,13H,9-12H2,1-2H3,(H2,20,21,22);1H. The van der Waals surface area contributed by atoms with Crippen LogP contribution in [0.1, 0.15) is 16.8 Å². The van der Waals surface area contributed by atoms with Crippen LogP contribution in [0.3, 0.4) is 0 Å². The molecule has 24 heavy (non-hydrogen) atoms. The fourth-order valence-corrected chi connectivity index (χ4v) is 2.21. The number of hydrogen-bond acceptors (Lipinski definition) is 2. The van der Waals surface area contributed by atoms with Gasteiger partial charge in [0, 0.05) is 32.0 Å². The van der Waals surface area contributed by atoms with Gasteiger partial charge in [0.05, 0.1) is 0 Å². The summed E-state index contributed by atoms with van der Waals surface area (Å²) in [6, 6.07) is 10.9. The molecule has 130 valence electrons. The number of benzene rings is 1. The van der Waals surface area contributed by atoms with E-state index >= 15 is 0 Å². The Bertz CT molecular complexity index is 644. The van der Waals surface area contributed by atoms with Crippen molar-refractivity contribution in [3.8, 4) is 0 Å². The first-order valence-electron chi connectivity index (χ1n) is 7.78. The summed E-state index contributed by atoms with van der Waals surface area (Å²) in [6.07, 6.45) is 3.39. The largest absolute Gasteiger partial charge is 0.356 e. The summed E-state index contributed by atoms with van der Waals surface area (Å²) < 4.78 is 13.5. The molecule has 1 aromatic heterocycles. The van der Waals surface area contributed by atoms with Crippen LogP contribution in [-0.4, -0.2) is 31.1 Å². The molecule has 0 amide bonds. The van der Waals surface area contributed by atoms with E-state index in [9.17, 15) is 4.39 Å². The van der Waals surface area contributed by atoms with E-state index in [1.165, 1.54) is 11.6 Å². The smallest absolute Gasteiger partial charge is 0.190 e. The number of guanidine groups is 1. The third-order valence-corrected chi connectivity index (χ3v) is 3.55. The quantitative estimate of drug-likeness (QED) is 0.411. The molecule has 0 spiro atoms. The number of aromatic nitrogens is 1. The summed E-state index contributed by atoms with van der Waals surface area (Å²) in [4.78, 5) is 8.45. The van der Waals surface area contributed by atoms with Crippen LogP contribution in [0.15, 0.2) is 47.6 Å². The van der Waals surface area contributed by atoms with E-state index in [1.807, 2.05) is 25.3 Å². The first-order chi connectivity index (χ1) is 11.2. The number of pyridine rings is 1. The Labute approximate surface area is 160 Å². The fourth-order valence-electron chi connectivity index (χ4n) is 2.21. The minimum Gasteiger partial charge on any atom is -0.356 e. The topological polar surface area (TPSA) is 49.3 Å². The zero-order valence-corrected chi connectivity index (χ0v) is 16.4. The summed E-state index contributed by atoms with van der Waals surface area (Å²) in [5.41, 5.74) is 2.92. The summed E-state index contributed by atoms with van der Waals surface area (Å²) in [5.74, 6) is 0.561. The van der Waals surface area contributed by atoms with E-state index in [0.29, 0.717) is 18.5 Å². The highest BCUT2D eigenvalue weighted by Gasteiger charge is 2.02. The molecular formula is C18H24FIN4. The van der Waals surface area contributed by atoms with Gasteiger partial charge in [-0.1, -0.05) is 24.3 Å². The molecule has 1 aromatic carbocycles. The van der Waals surface area contributed by atoms with E-state index in [1.54, 1.807) is 19.2 Å². The number of rotatable bonds is 6. The van der Waals surface area contributed by atoms with E-state index in [4.69, 9.17) is 0 Å². The number of aliphatic imine (C=N–C) groups is 1. The van der Waals surface area contributed by atoms with Gasteiger partial charge in [0.25, 0.3) is 0 Å². The number of halogens is 2. The van der Waals surface area contributed by atoms with Crippen LogP contribution in [-0.2, 0) is 12.8 Å². The van der Waals surface area contributed by atoms with Crippen LogP contribution in [0.2, 0.25) is 0 Å². The molecule has 0 atom stereocenters. The molecule has 1 heterocycles. The number of aryl methyl sites for hydroxylation is 1. The minimum atomic E-state index is -0.163. The van der Waals surface area contributed by atoms with Gasteiger partial charge in [-0.2, -0.15) is 0 Å². The van der Waals surface area contributed by atoms with Crippen LogP contribution in [0, 0.1) is 12.7 Å². The molecule has 0 aliphatic heterocycles. The van der Waals surface area contributed by atoms with Crippen LogP contribution in [0.4, 0.5) is 4.39 Å². The second-order valence-electron chi connectivity index (χ2n) is 5.33. The third-order valence-electron chi connectivity index (χ3n) is 3.55.